The Morgan fingerprint density at radius 1 is 1.06 bits per heavy atom. The highest BCUT2D eigenvalue weighted by Crippen LogP contribution is 2.28. The minimum absolute atomic E-state index is 0.566. The Morgan fingerprint density at radius 2 is 1.91 bits per heavy atom. The Balaban J connectivity index is 1.54. The molecule has 4 aromatic rings. The van der Waals surface area contributed by atoms with Gasteiger partial charge >= 0.3 is 0 Å². The summed E-state index contributed by atoms with van der Waals surface area (Å²) in [5.41, 5.74) is 4.61. The third-order valence-corrected chi connectivity index (χ3v) is 6.01. The van der Waals surface area contributed by atoms with Gasteiger partial charge in [0.2, 0.25) is 5.95 Å². The molecule has 8 heteroatoms. The van der Waals surface area contributed by atoms with Crippen LogP contribution in [0.15, 0.2) is 54.9 Å². The van der Waals surface area contributed by atoms with Crippen molar-refractivity contribution in [2.45, 2.75) is 26.2 Å². The monoisotopic (exact) mass is 465 g/mol. The van der Waals surface area contributed by atoms with Crippen LogP contribution in [-0.2, 0) is 11.2 Å². The zero-order valence-corrected chi connectivity index (χ0v) is 19.7. The largest absolute Gasteiger partial charge is 0.378 e. The van der Waals surface area contributed by atoms with Crippen molar-refractivity contribution in [3.8, 4) is 17.3 Å². The van der Waals surface area contributed by atoms with E-state index in [4.69, 9.17) is 14.7 Å². The van der Waals surface area contributed by atoms with Crippen LogP contribution in [-0.4, -0.2) is 46.2 Å². The van der Waals surface area contributed by atoms with Crippen LogP contribution in [0.2, 0.25) is 0 Å². The number of benzene rings is 1. The van der Waals surface area contributed by atoms with Crippen molar-refractivity contribution in [3.05, 3.63) is 66.1 Å². The molecule has 176 valence electrons. The molecule has 0 radical (unpaired) electrons. The molecule has 1 aliphatic rings. The highest BCUT2D eigenvalue weighted by atomic mass is 16.5. The number of hydrogen-bond donors (Lipinski definition) is 1. The predicted molar refractivity (Wildman–Crippen MR) is 137 cm³/mol. The molecule has 0 unspecified atom stereocenters. The lowest BCUT2D eigenvalue weighted by atomic mass is 10.0. The first kappa shape index (κ1) is 22.7. The summed E-state index contributed by atoms with van der Waals surface area (Å²) in [4.78, 5) is 20.9. The first-order valence-electron chi connectivity index (χ1n) is 12.0. The summed E-state index contributed by atoms with van der Waals surface area (Å²) in [7, 11) is 0. The number of ether oxygens (including phenoxy) is 1. The Hall–Kier alpha value is -4.09. The molecule has 1 aliphatic heterocycles. The molecule has 1 aromatic carbocycles. The Labute approximate surface area is 204 Å². The van der Waals surface area contributed by atoms with E-state index in [0.29, 0.717) is 54.9 Å². The number of unbranched alkanes of at least 4 members (excludes halogenated alkanes) is 1. The molecule has 0 atom stereocenters. The summed E-state index contributed by atoms with van der Waals surface area (Å²) < 4.78 is 5.51. The van der Waals surface area contributed by atoms with Gasteiger partial charge in [-0.05, 0) is 31.0 Å². The van der Waals surface area contributed by atoms with Gasteiger partial charge in [-0.15, -0.1) is 0 Å². The molecule has 0 spiro atoms. The molecule has 4 heterocycles. The molecular weight excluding hydrogens is 438 g/mol. The summed E-state index contributed by atoms with van der Waals surface area (Å²) >= 11 is 0. The number of fused-ring (bicyclic) bond motifs is 1. The number of aromatic nitrogens is 4. The van der Waals surface area contributed by atoms with E-state index >= 15 is 0 Å². The van der Waals surface area contributed by atoms with E-state index in [2.05, 4.69) is 33.2 Å². The standard InChI is InChI=1S/C27H27N7O/c1-2-3-7-21-14-20(16-28)23(18-29-21)25-15-26(33-27(32-25)34-9-11-35-12-10-34)31-22-13-19-6-4-5-8-24(19)30-17-22/h4-6,8,13-15,17-18H,2-3,7,9-12H2,1H3,(H,31,32,33). The molecule has 3 aromatic heterocycles. The highest BCUT2D eigenvalue weighted by molar-refractivity contribution is 5.82. The van der Waals surface area contributed by atoms with Gasteiger partial charge < -0.3 is 15.0 Å². The predicted octanol–water partition coefficient (Wildman–Crippen LogP) is 4.88. The van der Waals surface area contributed by atoms with Crippen molar-refractivity contribution in [3.63, 3.8) is 0 Å². The van der Waals surface area contributed by atoms with Gasteiger partial charge in [0.15, 0.2) is 0 Å². The van der Waals surface area contributed by atoms with Crippen molar-refractivity contribution in [1.82, 2.24) is 19.9 Å². The van der Waals surface area contributed by atoms with Crippen LogP contribution >= 0.6 is 0 Å². The van der Waals surface area contributed by atoms with Crippen molar-refractivity contribution < 1.29 is 4.74 Å². The summed E-state index contributed by atoms with van der Waals surface area (Å²) in [5, 5.41) is 14.3. The average molecular weight is 466 g/mol. The second kappa shape index (κ2) is 10.5. The molecule has 1 N–H and O–H groups in total. The second-order valence-corrected chi connectivity index (χ2v) is 8.52. The lowest BCUT2D eigenvalue weighted by Crippen LogP contribution is -2.37. The maximum atomic E-state index is 9.88. The van der Waals surface area contributed by atoms with E-state index in [0.717, 1.165) is 41.5 Å². The van der Waals surface area contributed by atoms with Gasteiger partial charge in [0, 0.05) is 42.0 Å². The number of hydrogen-bond acceptors (Lipinski definition) is 8. The molecule has 5 rings (SSSR count). The molecule has 1 saturated heterocycles. The lowest BCUT2D eigenvalue weighted by Gasteiger charge is -2.27. The van der Waals surface area contributed by atoms with Crippen LogP contribution in [0.25, 0.3) is 22.2 Å². The molecule has 0 saturated carbocycles. The third kappa shape index (κ3) is 5.20. The SMILES string of the molecule is CCCCc1cc(C#N)c(-c2cc(Nc3cnc4ccccc4c3)nc(N3CCOCC3)n2)cn1. The van der Waals surface area contributed by atoms with Gasteiger partial charge in [0.25, 0.3) is 0 Å². The number of aryl methyl sites for hydroxylation is 1. The smallest absolute Gasteiger partial charge is 0.228 e. The Morgan fingerprint density at radius 3 is 2.74 bits per heavy atom. The molecule has 8 nitrogen and oxygen atoms in total. The van der Waals surface area contributed by atoms with Gasteiger partial charge in [0.1, 0.15) is 5.82 Å². The molecule has 0 amide bonds. The van der Waals surface area contributed by atoms with E-state index in [1.54, 1.807) is 12.4 Å². The number of nitriles is 1. The van der Waals surface area contributed by atoms with Crippen molar-refractivity contribution in [2.24, 2.45) is 0 Å². The summed E-state index contributed by atoms with van der Waals surface area (Å²) in [6.45, 7) is 4.82. The number of pyridine rings is 2. The Kier molecular flexibility index (Phi) is 6.77. The number of para-hydroxylation sites is 1. The van der Waals surface area contributed by atoms with E-state index in [-0.39, 0.29) is 0 Å². The zero-order chi connectivity index (χ0) is 24.0. The average Bonchev–Trinajstić information content (AvgIpc) is 2.92. The van der Waals surface area contributed by atoms with Gasteiger partial charge in [-0.25, -0.2) is 4.98 Å². The minimum atomic E-state index is 0.566. The van der Waals surface area contributed by atoms with E-state index < -0.39 is 0 Å². The first-order chi connectivity index (χ1) is 17.2. The summed E-state index contributed by atoms with van der Waals surface area (Å²) in [6.07, 6.45) is 6.54. The normalized spacial score (nSPS) is 13.5. The number of nitrogens with zero attached hydrogens (tertiary/aromatic N) is 6. The first-order valence-corrected chi connectivity index (χ1v) is 12.0. The van der Waals surface area contributed by atoms with Gasteiger partial charge in [-0.2, -0.15) is 10.2 Å². The number of morpholine rings is 1. The topological polar surface area (TPSA) is 99.9 Å². The zero-order valence-electron chi connectivity index (χ0n) is 19.7. The number of nitrogens with one attached hydrogen (secondary N) is 1. The highest BCUT2D eigenvalue weighted by Gasteiger charge is 2.18. The van der Waals surface area contributed by atoms with E-state index in [1.165, 1.54) is 0 Å². The quantitative estimate of drug-likeness (QED) is 0.412. The number of rotatable bonds is 7. The van der Waals surface area contributed by atoms with Crippen LogP contribution < -0.4 is 10.2 Å². The Bertz CT molecular complexity index is 1380. The maximum absolute atomic E-state index is 9.88. The van der Waals surface area contributed by atoms with E-state index in [1.807, 2.05) is 42.5 Å². The third-order valence-electron chi connectivity index (χ3n) is 6.01. The lowest BCUT2D eigenvalue weighted by molar-refractivity contribution is 0.122. The van der Waals surface area contributed by atoms with Crippen molar-refractivity contribution in [1.29, 1.82) is 5.26 Å². The fraction of sp³-hybridized carbons (Fsp3) is 0.296. The number of anilines is 3. The van der Waals surface area contributed by atoms with Crippen molar-refractivity contribution in [2.75, 3.05) is 36.5 Å². The minimum Gasteiger partial charge on any atom is -0.378 e. The van der Waals surface area contributed by atoms with Crippen LogP contribution in [0.4, 0.5) is 17.5 Å². The van der Waals surface area contributed by atoms with Crippen LogP contribution in [0, 0.1) is 11.3 Å². The fourth-order valence-electron chi connectivity index (χ4n) is 4.12. The molecule has 0 aliphatic carbocycles. The summed E-state index contributed by atoms with van der Waals surface area (Å²) in [5.74, 6) is 1.23. The van der Waals surface area contributed by atoms with Crippen LogP contribution in [0.3, 0.4) is 0 Å². The molecule has 0 bridgehead atoms. The molecular formula is C27H27N7O. The molecule has 1 fully saturated rings. The van der Waals surface area contributed by atoms with Crippen LogP contribution in [0.1, 0.15) is 31.0 Å². The van der Waals surface area contributed by atoms with Gasteiger partial charge in [-0.1, -0.05) is 31.5 Å². The van der Waals surface area contributed by atoms with Crippen LogP contribution in [0.5, 0.6) is 0 Å². The molecule has 35 heavy (non-hydrogen) atoms. The maximum Gasteiger partial charge on any atom is 0.228 e. The fourth-order valence-corrected chi connectivity index (χ4v) is 4.12. The second-order valence-electron chi connectivity index (χ2n) is 8.52. The van der Waals surface area contributed by atoms with E-state index in [9.17, 15) is 5.26 Å². The van der Waals surface area contributed by atoms with Gasteiger partial charge in [-0.3, -0.25) is 9.97 Å². The van der Waals surface area contributed by atoms with Gasteiger partial charge in [0.05, 0.1) is 47.9 Å². The summed E-state index contributed by atoms with van der Waals surface area (Å²) in [6, 6.07) is 16.1. The van der Waals surface area contributed by atoms with Crippen molar-refractivity contribution >= 4 is 28.4 Å².